The summed E-state index contributed by atoms with van der Waals surface area (Å²) in [5.74, 6) is 0. The van der Waals surface area contributed by atoms with E-state index in [9.17, 15) is 0 Å². The van der Waals surface area contributed by atoms with E-state index in [4.69, 9.17) is 0 Å². The smallest absolute Gasteiger partial charge is 0.0743 e. The van der Waals surface area contributed by atoms with Crippen molar-refractivity contribution in [3.8, 4) is 0 Å². The molecule has 1 saturated heterocycles. The molecular formula is C11H22Si. The summed E-state index contributed by atoms with van der Waals surface area (Å²) in [7, 11) is -0.854. The minimum atomic E-state index is -0.854. The largest absolute Gasteiger partial charge is 0.0984 e. The van der Waals surface area contributed by atoms with Crippen molar-refractivity contribution >= 4 is 8.07 Å². The van der Waals surface area contributed by atoms with E-state index >= 15 is 0 Å². The van der Waals surface area contributed by atoms with Gasteiger partial charge in [-0.2, -0.15) is 0 Å². The van der Waals surface area contributed by atoms with Gasteiger partial charge in [0.15, 0.2) is 0 Å². The summed E-state index contributed by atoms with van der Waals surface area (Å²) < 4.78 is 0. The van der Waals surface area contributed by atoms with Crippen LogP contribution in [0.1, 0.15) is 39.0 Å². The van der Waals surface area contributed by atoms with Gasteiger partial charge in [-0.15, -0.1) is 0 Å². The number of rotatable bonds is 3. The van der Waals surface area contributed by atoms with Crippen LogP contribution in [0, 0.1) is 0 Å². The van der Waals surface area contributed by atoms with Gasteiger partial charge in [0.05, 0.1) is 8.07 Å². The highest BCUT2D eigenvalue weighted by Gasteiger charge is 2.25. The van der Waals surface area contributed by atoms with Crippen LogP contribution in [0.15, 0.2) is 11.8 Å². The van der Waals surface area contributed by atoms with Crippen molar-refractivity contribution in [2.24, 2.45) is 0 Å². The molecule has 1 rings (SSSR count). The molecule has 12 heavy (non-hydrogen) atoms. The SMILES string of the molecule is CCCC=C[Si]1(C)CCCCC1. The minimum Gasteiger partial charge on any atom is -0.0984 e. The standard InChI is InChI=1S/C11H22Si/c1-3-4-6-9-12(2)10-7-5-8-11-12/h6,9H,3-5,7-8,10-11H2,1-2H3. The Morgan fingerprint density at radius 1 is 1.17 bits per heavy atom. The Bertz CT molecular complexity index is 143. The normalized spacial score (nSPS) is 23.2. The molecule has 0 aromatic heterocycles. The maximum atomic E-state index is 2.61. The Kier molecular flexibility index (Phi) is 4.06. The first-order chi connectivity index (χ1) is 5.77. The second kappa shape index (κ2) is 4.86. The highest BCUT2D eigenvalue weighted by atomic mass is 28.3. The van der Waals surface area contributed by atoms with Crippen molar-refractivity contribution in [3.63, 3.8) is 0 Å². The Morgan fingerprint density at radius 2 is 1.83 bits per heavy atom. The lowest BCUT2D eigenvalue weighted by Gasteiger charge is -2.28. The summed E-state index contributed by atoms with van der Waals surface area (Å²) in [6.45, 7) is 4.81. The Balaban J connectivity index is 2.35. The number of hydrogen-bond acceptors (Lipinski definition) is 0. The first kappa shape index (κ1) is 10.0. The van der Waals surface area contributed by atoms with Gasteiger partial charge in [0.1, 0.15) is 0 Å². The molecule has 0 aliphatic carbocycles. The molecule has 0 saturated carbocycles. The first-order valence-corrected chi connectivity index (χ1v) is 8.44. The second-order valence-corrected chi connectivity index (χ2v) is 9.05. The molecule has 70 valence electrons. The van der Waals surface area contributed by atoms with Crippen LogP contribution >= 0.6 is 0 Å². The van der Waals surface area contributed by atoms with E-state index < -0.39 is 8.07 Å². The fourth-order valence-electron chi connectivity index (χ4n) is 2.06. The fraction of sp³-hybridized carbons (Fsp3) is 0.818. The second-order valence-electron chi connectivity index (χ2n) is 4.41. The summed E-state index contributed by atoms with van der Waals surface area (Å²) in [5, 5.41) is 0. The zero-order chi connectivity index (χ0) is 8.86. The zero-order valence-corrected chi connectivity index (χ0v) is 9.60. The topological polar surface area (TPSA) is 0 Å². The number of hydrogen-bond donors (Lipinski definition) is 0. The number of unbranched alkanes of at least 4 members (excludes halogenated alkanes) is 1. The van der Waals surface area contributed by atoms with Crippen molar-refractivity contribution in [2.45, 2.75) is 57.7 Å². The highest BCUT2D eigenvalue weighted by Crippen LogP contribution is 2.29. The molecule has 0 bridgehead atoms. The molecule has 0 N–H and O–H groups in total. The molecule has 0 spiro atoms. The zero-order valence-electron chi connectivity index (χ0n) is 8.60. The van der Waals surface area contributed by atoms with Crippen molar-refractivity contribution < 1.29 is 0 Å². The molecule has 1 fully saturated rings. The Labute approximate surface area is 78.1 Å². The van der Waals surface area contributed by atoms with Crippen LogP contribution < -0.4 is 0 Å². The van der Waals surface area contributed by atoms with Gasteiger partial charge in [-0.1, -0.05) is 63.0 Å². The van der Waals surface area contributed by atoms with Gasteiger partial charge < -0.3 is 0 Å². The molecule has 0 nitrogen and oxygen atoms in total. The summed E-state index contributed by atoms with van der Waals surface area (Å²) in [6.07, 6.45) is 9.53. The molecule has 0 aromatic carbocycles. The van der Waals surface area contributed by atoms with Crippen molar-refractivity contribution in [1.29, 1.82) is 0 Å². The third kappa shape index (κ3) is 3.14. The minimum absolute atomic E-state index is 0.854. The quantitative estimate of drug-likeness (QED) is 0.575. The van der Waals surface area contributed by atoms with E-state index in [0.29, 0.717) is 0 Å². The van der Waals surface area contributed by atoms with Crippen molar-refractivity contribution in [2.75, 3.05) is 0 Å². The fourth-order valence-corrected chi connectivity index (χ4v) is 5.50. The molecular weight excluding hydrogens is 160 g/mol. The Hall–Kier alpha value is -0.0431. The lowest BCUT2D eigenvalue weighted by molar-refractivity contribution is 0.716. The molecule has 1 aliphatic rings. The summed E-state index contributed by atoms with van der Waals surface area (Å²) in [4.78, 5) is 0. The van der Waals surface area contributed by atoms with Crippen LogP contribution in [-0.4, -0.2) is 8.07 Å². The van der Waals surface area contributed by atoms with Crippen molar-refractivity contribution in [3.05, 3.63) is 11.8 Å². The van der Waals surface area contributed by atoms with E-state index in [1.807, 2.05) is 0 Å². The lowest BCUT2D eigenvalue weighted by atomic mass is 10.3. The van der Waals surface area contributed by atoms with Gasteiger partial charge >= 0.3 is 0 Å². The van der Waals surface area contributed by atoms with Gasteiger partial charge in [0.25, 0.3) is 0 Å². The molecule has 0 amide bonds. The van der Waals surface area contributed by atoms with Crippen LogP contribution in [0.4, 0.5) is 0 Å². The van der Waals surface area contributed by atoms with E-state index in [0.717, 1.165) is 0 Å². The van der Waals surface area contributed by atoms with Gasteiger partial charge in [-0.3, -0.25) is 0 Å². The molecule has 1 heterocycles. The van der Waals surface area contributed by atoms with Gasteiger partial charge in [0, 0.05) is 0 Å². The third-order valence-corrected chi connectivity index (χ3v) is 7.00. The van der Waals surface area contributed by atoms with Crippen molar-refractivity contribution in [1.82, 2.24) is 0 Å². The van der Waals surface area contributed by atoms with Gasteiger partial charge in [0.2, 0.25) is 0 Å². The summed E-state index contributed by atoms with van der Waals surface area (Å²) >= 11 is 0. The average Bonchev–Trinajstić information content (AvgIpc) is 2.06. The maximum Gasteiger partial charge on any atom is 0.0743 e. The molecule has 0 unspecified atom stereocenters. The number of allylic oxidation sites excluding steroid dienone is 1. The third-order valence-electron chi connectivity index (χ3n) is 2.97. The predicted molar refractivity (Wildman–Crippen MR) is 59.1 cm³/mol. The molecule has 1 aliphatic heterocycles. The maximum absolute atomic E-state index is 2.61. The highest BCUT2D eigenvalue weighted by molar-refractivity contribution is 6.83. The molecule has 0 radical (unpaired) electrons. The van der Waals surface area contributed by atoms with Gasteiger partial charge in [-0.25, -0.2) is 0 Å². The van der Waals surface area contributed by atoms with E-state index in [1.165, 1.54) is 32.1 Å². The van der Waals surface area contributed by atoms with Crippen LogP contribution in [0.5, 0.6) is 0 Å². The monoisotopic (exact) mass is 182 g/mol. The van der Waals surface area contributed by atoms with E-state index in [-0.39, 0.29) is 0 Å². The summed E-state index contributed by atoms with van der Waals surface area (Å²) in [5.41, 5.74) is 2.61. The van der Waals surface area contributed by atoms with Gasteiger partial charge in [-0.05, 0) is 6.42 Å². The summed E-state index contributed by atoms with van der Waals surface area (Å²) in [6, 6.07) is 3.10. The van der Waals surface area contributed by atoms with E-state index in [2.05, 4.69) is 25.2 Å². The van der Waals surface area contributed by atoms with Crippen LogP contribution in [0.3, 0.4) is 0 Å². The average molecular weight is 182 g/mol. The molecule has 1 heteroatoms. The molecule has 0 atom stereocenters. The Morgan fingerprint density at radius 3 is 2.42 bits per heavy atom. The van der Waals surface area contributed by atoms with E-state index in [1.54, 1.807) is 12.1 Å². The predicted octanol–water partition coefficient (Wildman–Crippen LogP) is 4.14. The van der Waals surface area contributed by atoms with Crippen LogP contribution in [-0.2, 0) is 0 Å². The molecule has 0 aromatic rings. The van der Waals surface area contributed by atoms with Crippen LogP contribution in [0.2, 0.25) is 18.6 Å². The first-order valence-electron chi connectivity index (χ1n) is 5.44. The lowest BCUT2D eigenvalue weighted by Crippen LogP contribution is -2.29. The van der Waals surface area contributed by atoms with Crippen LogP contribution in [0.25, 0.3) is 0 Å².